The predicted octanol–water partition coefficient (Wildman–Crippen LogP) is 3.68. The Labute approximate surface area is 144 Å². The summed E-state index contributed by atoms with van der Waals surface area (Å²) in [5, 5.41) is 8.65. The Morgan fingerprint density at radius 2 is 2.04 bits per heavy atom. The minimum absolute atomic E-state index is 0.149. The van der Waals surface area contributed by atoms with Gasteiger partial charge in [0, 0.05) is 17.5 Å². The number of fused-ring (bicyclic) bond motifs is 1. The van der Waals surface area contributed by atoms with E-state index in [-0.39, 0.29) is 25.6 Å². The fourth-order valence-electron chi connectivity index (χ4n) is 2.72. The van der Waals surface area contributed by atoms with Crippen molar-refractivity contribution in [1.82, 2.24) is 0 Å². The van der Waals surface area contributed by atoms with Crippen LogP contribution in [-0.4, -0.2) is 17.9 Å². The molecule has 0 bridgehead atoms. The third-order valence-electron chi connectivity index (χ3n) is 3.93. The third kappa shape index (κ3) is 4.70. The highest BCUT2D eigenvalue weighted by atomic mass is 19.1. The van der Waals surface area contributed by atoms with Crippen LogP contribution in [0.4, 0.5) is 4.39 Å². The Bertz CT molecular complexity index is 742. The molecular weight excluding hydrogens is 327 g/mol. The van der Waals surface area contributed by atoms with Crippen LogP contribution in [0.1, 0.15) is 29.5 Å². The van der Waals surface area contributed by atoms with Crippen molar-refractivity contribution in [3.63, 3.8) is 0 Å². The predicted molar refractivity (Wildman–Crippen MR) is 88.0 cm³/mol. The molecule has 1 heterocycles. The molecule has 0 radical (unpaired) electrons. The van der Waals surface area contributed by atoms with E-state index in [1.54, 1.807) is 0 Å². The zero-order valence-electron chi connectivity index (χ0n) is 13.7. The number of carboxylic acid groups (broad SMARTS) is 1. The Hall–Kier alpha value is -2.60. The van der Waals surface area contributed by atoms with Gasteiger partial charge in [0.05, 0.1) is 6.61 Å². The molecule has 5 nitrogen and oxygen atoms in total. The van der Waals surface area contributed by atoms with Gasteiger partial charge in [0.15, 0.2) is 6.79 Å². The van der Waals surface area contributed by atoms with Crippen LogP contribution in [0.3, 0.4) is 0 Å². The zero-order valence-corrected chi connectivity index (χ0v) is 13.7. The van der Waals surface area contributed by atoms with Crippen molar-refractivity contribution in [2.75, 3.05) is 6.79 Å². The number of hydrogen-bond acceptors (Lipinski definition) is 4. The van der Waals surface area contributed by atoms with Crippen LogP contribution in [0.5, 0.6) is 11.5 Å². The molecular formula is C19H19FO5. The number of carboxylic acids is 1. The van der Waals surface area contributed by atoms with Crippen molar-refractivity contribution in [2.45, 2.75) is 32.5 Å². The van der Waals surface area contributed by atoms with Crippen LogP contribution in [0.2, 0.25) is 0 Å². The maximum absolute atomic E-state index is 13.7. The van der Waals surface area contributed by atoms with E-state index in [9.17, 15) is 9.18 Å². The molecule has 0 spiro atoms. The molecule has 0 unspecified atom stereocenters. The van der Waals surface area contributed by atoms with Crippen LogP contribution < -0.4 is 9.47 Å². The highest BCUT2D eigenvalue weighted by molar-refractivity contribution is 5.66. The molecule has 0 saturated heterocycles. The minimum atomic E-state index is -0.786. The van der Waals surface area contributed by atoms with Gasteiger partial charge >= 0.3 is 5.97 Å². The van der Waals surface area contributed by atoms with Gasteiger partial charge in [-0.2, -0.15) is 0 Å². The van der Waals surface area contributed by atoms with E-state index >= 15 is 0 Å². The summed E-state index contributed by atoms with van der Waals surface area (Å²) in [6.45, 7) is 0.667. The average Bonchev–Trinajstić information content (AvgIpc) is 2.60. The van der Waals surface area contributed by atoms with Crippen molar-refractivity contribution >= 4 is 5.97 Å². The SMILES string of the molecule is O=C(O)CCCc1ccc(OCc2cc(F)cc3c2OCOC3)cc1. The Morgan fingerprint density at radius 1 is 1.24 bits per heavy atom. The Balaban J connectivity index is 1.60. The van der Waals surface area contributed by atoms with Crippen LogP contribution in [0, 0.1) is 5.82 Å². The highest BCUT2D eigenvalue weighted by Gasteiger charge is 2.17. The molecule has 0 amide bonds. The van der Waals surface area contributed by atoms with Crippen molar-refractivity contribution in [3.05, 3.63) is 58.9 Å². The molecule has 132 valence electrons. The number of ether oxygens (including phenoxy) is 3. The normalized spacial score (nSPS) is 13.0. The molecule has 0 aromatic heterocycles. The molecule has 1 aliphatic rings. The molecule has 25 heavy (non-hydrogen) atoms. The zero-order chi connectivity index (χ0) is 17.6. The largest absolute Gasteiger partial charge is 0.489 e. The van der Waals surface area contributed by atoms with Crippen LogP contribution in [0.15, 0.2) is 36.4 Å². The first kappa shape index (κ1) is 17.2. The standard InChI is InChI=1S/C19H19FO5/c20-16-8-14-10-23-12-25-19(14)15(9-16)11-24-17-6-4-13(5-7-17)2-1-3-18(21)22/h4-9H,1-3,10-12H2,(H,21,22). The second-order valence-electron chi connectivity index (χ2n) is 5.84. The molecule has 6 heteroatoms. The van der Waals surface area contributed by atoms with Crippen molar-refractivity contribution in [2.24, 2.45) is 0 Å². The van der Waals surface area contributed by atoms with E-state index in [1.807, 2.05) is 24.3 Å². The lowest BCUT2D eigenvalue weighted by atomic mass is 10.1. The summed E-state index contributed by atoms with van der Waals surface area (Å²) in [4.78, 5) is 10.5. The first-order valence-electron chi connectivity index (χ1n) is 8.07. The third-order valence-corrected chi connectivity index (χ3v) is 3.93. The minimum Gasteiger partial charge on any atom is -0.489 e. The molecule has 0 saturated carbocycles. The number of aliphatic carboxylic acids is 1. The van der Waals surface area contributed by atoms with Gasteiger partial charge < -0.3 is 19.3 Å². The summed E-state index contributed by atoms with van der Waals surface area (Å²) in [5.74, 6) is 0.149. The lowest BCUT2D eigenvalue weighted by Crippen LogP contribution is -2.14. The van der Waals surface area contributed by atoms with Gasteiger partial charge in [0.25, 0.3) is 0 Å². The van der Waals surface area contributed by atoms with Crippen LogP contribution in [-0.2, 0) is 29.2 Å². The van der Waals surface area contributed by atoms with Gasteiger partial charge in [-0.25, -0.2) is 4.39 Å². The van der Waals surface area contributed by atoms with E-state index in [4.69, 9.17) is 19.3 Å². The maximum Gasteiger partial charge on any atom is 0.303 e. The van der Waals surface area contributed by atoms with Gasteiger partial charge in [-0.3, -0.25) is 4.79 Å². The second kappa shape index (κ2) is 7.98. The summed E-state index contributed by atoms with van der Waals surface area (Å²) < 4.78 is 30.1. The van der Waals surface area contributed by atoms with Gasteiger partial charge in [0.2, 0.25) is 0 Å². The number of aryl methyl sites for hydroxylation is 1. The van der Waals surface area contributed by atoms with Gasteiger partial charge in [0.1, 0.15) is 23.9 Å². The number of halogens is 1. The summed E-state index contributed by atoms with van der Waals surface area (Å²) in [7, 11) is 0. The molecule has 0 aliphatic carbocycles. The summed E-state index contributed by atoms with van der Waals surface area (Å²) in [5.41, 5.74) is 2.37. The Morgan fingerprint density at radius 3 is 2.80 bits per heavy atom. The first-order chi connectivity index (χ1) is 12.1. The summed E-state index contributed by atoms with van der Waals surface area (Å²) in [6.07, 6.45) is 1.47. The van der Waals surface area contributed by atoms with E-state index < -0.39 is 5.97 Å². The molecule has 0 fully saturated rings. The van der Waals surface area contributed by atoms with Gasteiger partial charge in [-0.15, -0.1) is 0 Å². The van der Waals surface area contributed by atoms with E-state index in [0.29, 0.717) is 42.1 Å². The topological polar surface area (TPSA) is 65.0 Å². The van der Waals surface area contributed by atoms with Gasteiger partial charge in [-0.1, -0.05) is 12.1 Å². The van der Waals surface area contributed by atoms with Crippen molar-refractivity contribution in [3.8, 4) is 11.5 Å². The highest BCUT2D eigenvalue weighted by Crippen LogP contribution is 2.30. The number of rotatable bonds is 7. The molecule has 0 atom stereocenters. The molecule has 2 aromatic rings. The molecule has 2 aromatic carbocycles. The van der Waals surface area contributed by atoms with E-state index in [0.717, 1.165) is 5.56 Å². The fourth-order valence-corrected chi connectivity index (χ4v) is 2.72. The summed E-state index contributed by atoms with van der Waals surface area (Å²) >= 11 is 0. The molecule has 1 N–H and O–H groups in total. The number of hydrogen-bond donors (Lipinski definition) is 1. The van der Waals surface area contributed by atoms with E-state index in [2.05, 4.69) is 0 Å². The second-order valence-corrected chi connectivity index (χ2v) is 5.84. The van der Waals surface area contributed by atoms with Crippen LogP contribution in [0.25, 0.3) is 0 Å². The monoisotopic (exact) mass is 346 g/mol. The Kier molecular flexibility index (Phi) is 5.50. The number of carbonyl (C=O) groups is 1. The first-order valence-corrected chi connectivity index (χ1v) is 8.07. The van der Waals surface area contributed by atoms with Crippen molar-refractivity contribution < 1.29 is 28.5 Å². The van der Waals surface area contributed by atoms with Crippen molar-refractivity contribution in [1.29, 1.82) is 0 Å². The lowest BCUT2D eigenvalue weighted by Gasteiger charge is -2.21. The fraction of sp³-hybridized carbons (Fsp3) is 0.316. The number of benzene rings is 2. The lowest BCUT2D eigenvalue weighted by molar-refractivity contribution is -0.137. The van der Waals surface area contributed by atoms with E-state index in [1.165, 1.54) is 12.1 Å². The molecule has 1 aliphatic heterocycles. The van der Waals surface area contributed by atoms with Gasteiger partial charge in [-0.05, 0) is 42.7 Å². The maximum atomic E-state index is 13.7. The smallest absolute Gasteiger partial charge is 0.303 e. The average molecular weight is 346 g/mol. The molecule has 3 rings (SSSR count). The van der Waals surface area contributed by atoms with Crippen LogP contribution >= 0.6 is 0 Å². The quantitative estimate of drug-likeness (QED) is 0.828. The summed E-state index contributed by atoms with van der Waals surface area (Å²) in [6, 6.07) is 10.3.